The van der Waals surface area contributed by atoms with Crippen molar-refractivity contribution in [2.24, 2.45) is 0 Å². The Bertz CT molecular complexity index is 1050. The maximum Gasteiger partial charge on any atom is 0.360 e. The van der Waals surface area contributed by atoms with Crippen LogP contribution >= 0.6 is 0 Å². The molecule has 1 aromatic carbocycles. The van der Waals surface area contributed by atoms with E-state index < -0.39 is 5.97 Å². The van der Waals surface area contributed by atoms with Crippen LogP contribution in [0.5, 0.6) is 0 Å². The lowest BCUT2D eigenvalue weighted by Crippen LogP contribution is -2.13. The maximum atomic E-state index is 12.3. The van der Waals surface area contributed by atoms with Gasteiger partial charge >= 0.3 is 5.97 Å². The number of carbonyl (C=O) groups excluding carboxylic acids is 1. The van der Waals surface area contributed by atoms with E-state index in [1.807, 2.05) is 36.5 Å². The summed E-state index contributed by atoms with van der Waals surface area (Å²) in [6.07, 6.45) is 7.00. The average Bonchev–Trinajstić information content (AvgIpc) is 3.31. The van der Waals surface area contributed by atoms with Crippen molar-refractivity contribution in [1.82, 2.24) is 29.8 Å². The second-order valence-corrected chi connectivity index (χ2v) is 5.71. The number of pyridine rings is 1. The third-order valence-electron chi connectivity index (χ3n) is 4.09. The minimum absolute atomic E-state index is 0.205. The molecular weight excluding hydrogens is 332 g/mol. The Balaban J connectivity index is 1.56. The van der Waals surface area contributed by atoms with Crippen molar-refractivity contribution in [3.63, 3.8) is 0 Å². The molecular formula is C18H16N6O2. The molecule has 0 radical (unpaired) electrons. The molecule has 26 heavy (non-hydrogen) atoms. The summed E-state index contributed by atoms with van der Waals surface area (Å²) in [5.41, 5.74) is 1.67. The van der Waals surface area contributed by atoms with Gasteiger partial charge in [-0.2, -0.15) is 5.10 Å². The molecule has 3 heterocycles. The number of ether oxygens (including phenoxy) is 1. The van der Waals surface area contributed by atoms with E-state index >= 15 is 0 Å². The van der Waals surface area contributed by atoms with Crippen molar-refractivity contribution in [2.45, 2.75) is 13.5 Å². The fourth-order valence-electron chi connectivity index (χ4n) is 2.77. The number of hydrogen-bond acceptors (Lipinski definition) is 6. The lowest BCUT2D eigenvalue weighted by atomic mass is 10.1. The van der Waals surface area contributed by atoms with Crippen LogP contribution in [0.15, 0.2) is 55.1 Å². The molecule has 8 nitrogen and oxygen atoms in total. The van der Waals surface area contributed by atoms with Crippen molar-refractivity contribution in [3.8, 4) is 5.69 Å². The molecule has 130 valence electrons. The normalized spacial score (nSPS) is 11.0. The van der Waals surface area contributed by atoms with Crippen molar-refractivity contribution < 1.29 is 9.53 Å². The molecule has 0 atom stereocenters. The smallest absolute Gasteiger partial charge is 0.360 e. The fraction of sp³-hybridized carbons (Fsp3) is 0.167. The molecule has 3 aromatic heterocycles. The zero-order valence-electron chi connectivity index (χ0n) is 14.1. The predicted molar refractivity (Wildman–Crippen MR) is 93.9 cm³/mol. The van der Waals surface area contributed by atoms with E-state index in [0.717, 1.165) is 16.5 Å². The van der Waals surface area contributed by atoms with E-state index in [1.54, 1.807) is 34.9 Å². The second kappa shape index (κ2) is 6.75. The summed E-state index contributed by atoms with van der Waals surface area (Å²) in [6.45, 7) is 2.50. The summed E-state index contributed by atoms with van der Waals surface area (Å²) in [5.74, 6) is -0.497. The van der Waals surface area contributed by atoms with Crippen LogP contribution in [0.25, 0.3) is 16.5 Å². The van der Waals surface area contributed by atoms with Gasteiger partial charge in [0.2, 0.25) is 0 Å². The van der Waals surface area contributed by atoms with E-state index in [2.05, 4.69) is 20.4 Å². The summed E-state index contributed by atoms with van der Waals surface area (Å²) >= 11 is 0. The molecule has 0 saturated heterocycles. The van der Waals surface area contributed by atoms with Gasteiger partial charge < -0.3 is 4.74 Å². The monoisotopic (exact) mass is 348 g/mol. The van der Waals surface area contributed by atoms with E-state index in [9.17, 15) is 4.79 Å². The zero-order valence-corrected chi connectivity index (χ0v) is 14.1. The molecule has 8 heteroatoms. The Hall–Kier alpha value is -3.55. The summed E-state index contributed by atoms with van der Waals surface area (Å²) in [5, 5.41) is 14.2. The van der Waals surface area contributed by atoms with Crippen molar-refractivity contribution in [3.05, 3.63) is 66.5 Å². The molecule has 0 aliphatic rings. The minimum Gasteiger partial charge on any atom is -0.459 e. The van der Waals surface area contributed by atoms with Crippen LogP contribution in [-0.4, -0.2) is 42.3 Å². The average molecular weight is 348 g/mol. The second-order valence-electron chi connectivity index (χ2n) is 5.71. The molecule has 0 amide bonds. The van der Waals surface area contributed by atoms with Crippen molar-refractivity contribution in [2.75, 3.05) is 6.61 Å². The molecule has 0 aliphatic carbocycles. The van der Waals surface area contributed by atoms with Gasteiger partial charge in [0.15, 0.2) is 5.69 Å². The van der Waals surface area contributed by atoms with Crippen LogP contribution in [0.4, 0.5) is 0 Å². The molecule has 0 spiro atoms. The Labute approximate surface area is 149 Å². The third-order valence-corrected chi connectivity index (χ3v) is 4.09. The Morgan fingerprint density at radius 2 is 2.12 bits per heavy atom. The largest absolute Gasteiger partial charge is 0.459 e. The van der Waals surface area contributed by atoms with Crippen molar-refractivity contribution >= 4 is 16.7 Å². The van der Waals surface area contributed by atoms with E-state index in [1.165, 1.54) is 0 Å². The van der Waals surface area contributed by atoms with Gasteiger partial charge in [-0.05, 0) is 25.1 Å². The quantitative estimate of drug-likeness (QED) is 0.514. The van der Waals surface area contributed by atoms with Gasteiger partial charge in [-0.25, -0.2) is 9.48 Å². The molecule has 0 bridgehead atoms. The van der Waals surface area contributed by atoms with Crippen LogP contribution in [0.3, 0.4) is 0 Å². The van der Waals surface area contributed by atoms with Gasteiger partial charge in [0.05, 0.1) is 17.9 Å². The Morgan fingerprint density at radius 3 is 2.96 bits per heavy atom. The summed E-state index contributed by atoms with van der Waals surface area (Å²) in [7, 11) is 0. The summed E-state index contributed by atoms with van der Waals surface area (Å²) in [6, 6.07) is 9.55. The zero-order chi connectivity index (χ0) is 17.9. The van der Waals surface area contributed by atoms with Crippen LogP contribution in [0.2, 0.25) is 0 Å². The first-order chi connectivity index (χ1) is 12.7. The lowest BCUT2D eigenvalue weighted by Gasteiger charge is -2.08. The van der Waals surface area contributed by atoms with Gasteiger partial charge in [-0.15, -0.1) is 5.10 Å². The van der Waals surface area contributed by atoms with Gasteiger partial charge in [-0.1, -0.05) is 17.3 Å². The van der Waals surface area contributed by atoms with Gasteiger partial charge in [0.25, 0.3) is 0 Å². The van der Waals surface area contributed by atoms with E-state index in [4.69, 9.17) is 4.74 Å². The molecule has 0 aliphatic heterocycles. The maximum absolute atomic E-state index is 12.3. The third kappa shape index (κ3) is 2.92. The number of nitrogens with zero attached hydrogens (tertiary/aromatic N) is 6. The lowest BCUT2D eigenvalue weighted by molar-refractivity contribution is 0.0480. The first-order valence-electron chi connectivity index (χ1n) is 8.14. The summed E-state index contributed by atoms with van der Waals surface area (Å²) in [4.78, 5) is 16.5. The van der Waals surface area contributed by atoms with Crippen LogP contribution in [-0.2, 0) is 11.3 Å². The van der Waals surface area contributed by atoms with Crippen LogP contribution in [0.1, 0.15) is 16.2 Å². The first kappa shape index (κ1) is 15.9. The highest BCUT2D eigenvalue weighted by Crippen LogP contribution is 2.22. The highest BCUT2D eigenvalue weighted by Gasteiger charge is 2.19. The molecule has 0 N–H and O–H groups in total. The number of rotatable bonds is 5. The van der Waals surface area contributed by atoms with Crippen LogP contribution in [0, 0.1) is 6.92 Å². The Kier molecular flexibility index (Phi) is 4.14. The number of fused-ring (bicyclic) bond motifs is 1. The van der Waals surface area contributed by atoms with Gasteiger partial charge in [0.1, 0.15) is 6.61 Å². The SMILES string of the molecule is Cc1c(C(=O)OCCn2cccn2)nnn1-c1cccc2cnccc12. The number of hydrogen-bond donors (Lipinski definition) is 0. The number of benzene rings is 1. The molecule has 4 rings (SSSR count). The minimum atomic E-state index is -0.497. The number of esters is 1. The molecule has 0 unspecified atom stereocenters. The molecule has 4 aromatic rings. The fourth-order valence-corrected chi connectivity index (χ4v) is 2.77. The number of carbonyl (C=O) groups is 1. The number of aromatic nitrogens is 6. The van der Waals surface area contributed by atoms with Crippen molar-refractivity contribution in [1.29, 1.82) is 0 Å². The van der Waals surface area contributed by atoms with Crippen LogP contribution < -0.4 is 0 Å². The molecule has 0 saturated carbocycles. The molecule has 0 fully saturated rings. The predicted octanol–water partition coefficient (Wildman–Crippen LogP) is 2.18. The first-order valence-corrected chi connectivity index (χ1v) is 8.14. The standard InChI is InChI=1S/C18H16N6O2/c1-13-17(18(25)26-11-10-23-9-3-7-20-23)21-22-24(13)16-5-2-4-14-12-19-8-6-15(14)16/h2-9,12H,10-11H2,1H3. The summed E-state index contributed by atoms with van der Waals surface area (Å²) < 4.78 is 8.63. The van der Waals surface area contributed by atoms with Gasteiger partial charge in [0, 0.05) is 35.6 Å². The highest BCUT2D eigenvalue weighted by atomic mass is 16.5. The van der Waals surface area contributed by atoms with E-state index in [-0.39, 0.29) is 12.3 Å². The Morgan fingerprint density at radius 1 is 1.19 bits per heavy atom. The topological polar surface area (TPSA) is 87.7 Å². The van der Waals surface area contributed by atoms with E-state index in [0.29, 0.717) is 12.2 Å². The highest BCUT2D eigenvalue weighted by molar-refractivity contribution is 5.91. The van der Waals surface area contributed by atoms with Gasteiger partial charge in [-0.3, -0.25) is 9.67 Å².